The fourth-order valence-corrected chi connectivity index (χ4v) is 3.75. The summed E-state index contributed by atoms with van der Waals surface area (Å²) in [6, 6.07) is 14.1. The number of benzene rings is 2. The van der Waals surface area contributed by atoms with Crippen LogP contribution in [0.3, 0.4) is 0 Å². The molecule has 1 amide bonds. The van der Waals surface area contributed by atoms with Crippen molar-refractivity contribution >= 4 is 23.4 Å². The van der Waals surface area contributed by atoms with E-state index in [1.54, 1.807) is 12.1 Å². The average Bonchev–Trinajstić information content (AvgIpc) is 3.17. The van der Waals surface area contributed by atoms with Crippen LogP contribution in [0, 0.1) is 5.82 Å². The SMILES string of the molecule is CCc1ccc(O[C@H](C)c2nnc(SCC(=O)Nc3ccccc3F)n2CC)cc1. The molecular formula is C22H25FN4O2S. The van der Waals surface area contributed by atoms with Crippen molar-refractivity contribution in [3.8, 4) is 5.75 Å². The zero-order valence-corrected chi connectivity index (χ0v) is 18.1. The number of aromatic nitrogens is 3. The van der Waals surface area contributed by atoms with E-state index in [1.165, 1.54) is 29.5 Å². The Balaban J connectivity index is 1.62. The van der Waals surface area contributed by atoms with Crippen LogP contribution in [0.5, 0.6) is 5.75 Å². The van der Waals surface area contributed by atoms with Crippen LogP contribution in [0.25, 0.3) is 0 Å². The van der Waals surface area contributed by atoms with E-state index in [-0.39, 0.29) is 23.5 Å². The fraction of sp³-hybridized carbons (Fsp3) is 0.318. The summed E-state index contributed by atoms with van der Waals surface area (Å²) in [4.78, 5) is 12.2. The van der Waals surface area contributed by atoms with Crippen LogP contribution in [-0.2, 0) is 17.8 Å². The van der Waals surface area contributed by atoms with E-state index in [2.05, 4.69) is 22.4 Å². The molecule has 6 nitrogen and oxygen atoms in total. The van der Waals surface area contributed by atoms with Crippen LogP contribution in [0.2, 0.25) is 0 Å². The lowest BCUT2D eigenvalue weighted by Crippen LogP contribution is -2.16. The smallest absolute Gasteiger partial charge is 0.234 e. The van der Waals surface area contributed by atoms with Crippen LogP contribution >= 0.6 is 11.8 Å². The Kier molecular flexibility index (Phi) is 7.46. The number of para-hydroxylation sites is 1. The van der Waals surface area contributed by atoms with Gasteiger partial charge in [0.2, 0.25) is 5.91 Å². The summed E-state index contributed by atoms with van der Waals surface area (Å²) in [5.74, 6) is 0.781. The van der Waals surface area contributed by atoms with Gasteiger partial charge in [-0.3, -0.25) is 4.79 Å². The summed E-state index contributed by atoms with van der Waals surface area (Å²) in [5, 5.41) is 11.7. The van der Waals surface area contributed by atoms with Gasteiger partial charge in [-0.1, -0.05) is 43.0 Å². The molecule has 0 saturated carbocycles. The van der Waals surface area contributed by atoms with Gasteiger partial charge in [0.1, 0.15) is 11.6 Å². The summed E-state index contributed by atoms with van der Waals surface area (Å²) in [6.45, 7) is 6.66. The lowest BCUT2D eigenvalue weighted by molar-refractivity contribution is -0.113. The maximum absolute atomic E-state index is 13.7. The number of nitrogens with one attached hydrogen (secondary N) is 1. The number of anilines is 1. The van der Waals surface area contributed by atoms with Gasteiger partial charge in [-0.25, -0.2) is 4.39 Å². The Bertz CT molecular complexity index is 991. The van der Waals surface area contributed by atoms with Crippen LogP contribution in [0.4, 0.5) is 10.1 Å². The molecule has 30 heavy (non-hydrogen) atoms. The second kappa shape index (κ2) is 10.2. The molecule has 1 atom stereocenters. The van der Waals surface area contributed by atoms with Gasteiger partial charge in [-0.05, 0) is 50.1 Å². The minimum absolute atomic E-state index is 0.0974. The van der Waals surface area contributed by atoms with Crippen molar-refractivity contribution in [2.45, 2.75) is 45.0 Å². The van der Waals surface area contributed by atoms with Crippen molar-refractivity contribution in [1.82, 2.24) is 14.8 Å². The second-order valence-corrected chi connectivity index (χ2v) is 7.60. The number of aryl methyl sites for hydroxylation is 1. The number of thioether (sulfide) groups is 1. The van der Waals surface area contributed by atoms with Gasteiger partial charge in [0.05, 0.1) is 11.4 Å². The fourth-order valence-electron chi connectivity index (χ4n) is 2.94. The third-order valence-corrected chi connectivity index (χ3v) is 5.52. The topological polar surface area (TPSA) is 69.0 Å². The number of hydrogen-bond donors (Lipinski definition) is 1. The van der Waals surface area contributed by atoms with E-state index >= 15 is 0 Å². The first-order valence-electron chi connectivity index (χ1n) is 9.87. The molecule has 158 valence electrons. The Morgan fingerprint density at radius 2 is 1.90 bits per heavy atom. The third kappa shape index (κ3) is 5.38. The summed E-state index contributed by atoms with van der Waals surface area (Å²) in [7, 11) is 0. The summed E-state index contributed by atoms with van der Waals surface area (Å²) in [6.07, 6.45) is 0.678. The van der Waals surface area contributed by atoms with E-state index in [1.807, 2.05) is 42.7 Å². The minimum Gasteiger partial charge on any atom is -0.483 e. The molecule has 2 aromatic carbocycles. The van der Waals surface area contributed by atoms with Crippen molar-refractivity contribution in [1.29, 1.82) is 0 Å². The Morgan fingerprint density at radius 3 is 2.57 bits per heavy atom. The molecule has 0 fully saturated rings. The van der Waals surface area contributed by atoms with Crippen LogP contribution < -0.4 is 10.1 Å². The van der Waals surface area contributed by atoms with Gasteiger partial charge in [0, 0.05) is 6.54 Å². The van der Waals surface area contributed by atoms with Gasteiger partial charge >= 0.3 is 0 Å². The van der Waals surface area contributed by atoms with E-state index in [0.29, 0.717) is 17.5 Å². The van der Waals surface area contributed by atoms with E-state index in [4.69, 9.17) is 4.74 Å². The van der Waals surface area contributed by atoms with Gasteiger partial charge in [-0.2, -0.15) is 0 Å². The molecule has 1 heterocycles. The van der Waals surface area contributed by atoms with Crippen molar-refractivity contribution in [3.63, 3.8) is 0 Å². The third-order valence-electron chi connectivity index (χ3n) is 4.55. The molecule has 0 radical (unpaired) electrons. The Hall–Kier alpha value is -2.87. The second-order valence-electron chi connectivity index (χ2n) is 6.66. The van der Waals surface area contributed by atoms with Crippen molar-refractivity contribution in [2.24, 2.45) is 0 Å². The number of carbonyl (C=O) groups is 1. The predicted molar refractivity (Wildman–Crippen MR) is 116 cm³/mol. The number of ether oxygens (including phenoxy) is 1. The van der Waals surface area contributed by atoms with Crippen molar-refractivity contribution in [3.05, 3.63) is 65.7 Å². The van der Waals surface area contributed by atoms with E-state index < -0.39 is 5.82 Å². The van der Waals surface area contributed by atoms with Gasteiger partial charge in [-0.15, -0.1) is 10.2 Å². The van der Waals surface area contributed by atoms with Gasteiger partial charge in [0.15, 0.2) is 17.1 Å². The number of nitrogens with zero attached hydrogens (tertiary/aromatic N) is 3. The minimum atomic E-state index is -0.465. The quantitative estimate of drug-likeness (QED) is 0.493. The lowest BCUT2D eigenvalue weighted by atomic mass is 10.2. The molecule has 0 saturated heterocycles. The maximum Gasteiger partial charge on any atom is 0.234 e. The van der Waals surface area contributed by atoms with E-state index in [9.17, 15) is 9.18 Å². The monoisotopic (exact) mass is 428 g/mol. The highest BCUT2D eigenvalue weighted by Crippen LogP contribution is 2.25. The lowest BCUT2D eigenvalue weighted by Gasteiger charge is -2.16. The average molecular weight is 429 g/mol. The molecule has 0 aliphatic carbocycles. The molecule has 3 rings (SSSR count). The molecule has 8 heteroatoms. The highest BCUT2D eigenvalue weighted by molar-refractivity contribution is 7.99. The van der Waals surface area contributed by atoms with Crippen molar-refractivity contribution in [2.75, 3.05) is 11.1 Å². The Labute approximate surface area is 179 Å². The molecule has 0 bridgehead atoms. The summed E-state index contributed by atoms with van der Waals surface area (Å²) in [5.41, 5.74) is 1.41. The summed E-state index contributed by atoms with van der Waals surface area (Å²) < 4.78 is 21.6. The normalized spacial score (nSPS) is 11.9. The maximum atomic E-state index is 13.7. The molecule has 1 N–H and O–H groups in total. The first-order chi connectivity index (χ1) is 14.5. The number of carbonyl (C=O) groups excluding carboxylic acids is 1. The number of rotatable bonds is 9. The van der Waals surface area contributed by atoms with Gasteiger partial charge < -0.3 is 14.6 Å². The highest BCUT2D eigenvalue weighted by Gasteiger charge is 2.19. The molecule has 0 aliphatic heterocycles. The molecule has 0 spiro atoms. The standard InChI is InChI=1S/C22H25FN4O2S/c1-4-16-10-12-17(13-11-16)29-15(3)21-25-26-22(27(21)5-2)30-14-20(28)24-19-9-7-6-8-18(19)23/h6-13,15H,4-5,14H2,1-3H3,(H,24,28)/t15-/m1/s1. The first kappa shape index (κ1) is 21.8. The van der Waals surface area contributed by atoms with Crippen LogP contribution in [0.15, 0.2) is 53.7 Å². The first-order valence-corrected chi connectivity index (χ1v) is 10.9. The zero-order chi connectivity index (χ0) is 21.5. The number of amides is 1. The largest absolute Gasteiger partial charge is 0.483 e. The van der Waals surface area contributed by atoms with Crippen molar-refractivity contribution < 1.29 is 13.9 Å². The van der Waals surface area contributed by atoms with Crippen LogP contribution in [0.1, 0.15) is 38.3 Å². The van der Waals surface area contributed by atoms with E-state index in [0.717, 1.165) is 12.2 Å². The predicted octanol–water partition coefficient (Wildman–Crippen LogP) is 4.87. The zero-order valence-electron chi connectivity index (χ0n) is 17.3. The summed E-state index contributed by atoms with van der Waals surface area (Å²) >= 11 is 1.25. The molecule has 0 aliphatic rings. The molecule has 0 unspecified atom stereocenters. The molecule has 1 aromatic heterocycles. The van der Waals surface area contributed by atoms with Crippen LogP contribution in [-0.4, -0.2) is 26.4 Å². The highest BCUT2D eigenvalue weighted by atomic mass is 32.2. The van der Waals surface area contributed by atoms with Gasteiger partial charge in [0.25, 0.3) is 0 Å². The molecular weight excluding hydrogens is 403 g/mol. The number of halogens is 1. The molecule has 3 aromatic rings. The Morgan fingerprint density at radius 1 is 1.17 bits per heavy atom. The number of hydrogen-bond acceptors (Lipinski definition) is 5.